The number of aromatic nitrogens is 2. The molecule has 0 amide bonds. The van der Waals surface area contributed by atoms with E-state index in [1.165, 1.54) is 44.9 Å². The van der Waals surface area contributed by atoms with Crippen LogP contribution >= 0.6 is 11.6 Å². The highest BCUT2D eigenvalue weighted by atomic mass is 35.5. The fraction of sp³-hybridized carbons (Fsp3) is 0.714. The topological polar surface area (TPSA) is 55.0 Å². The van der Waals surface area contributed by atoms with Gasteiger partial charge in [-0.1, -0.05) is 30.9 Å². The average molecular weight is 281 g/mol. The number of hydrogen-bond acceptors (Lipinski definition) is 4. The molecular formula is C14H21ClN4. The maximum absolute atomic E-state index is 5.95. The molecule has 1 aromatic rings. The minimum absolute atomic E-state index is 0.264. The van der Waals surface area contributed by atoms with Crippen LogP contribution in [0, 0.1) is 5.41 Å². The average Bonchev–Trinajstić information content (AvgIpc) is 2.39. The van der Waals surface area contributed by atoms with Crippen LogP contribution in [0.25, 0.3) is 0 Å². The van der Waals surface area contributed by atoms with Crippen LogP contribution in [0.1, 0.15) is 44.9 Å². The number of nitrogens with zero attached hydrogens (tertiary/aromatic N) is 3. The maximum atomic E-state index is 5.95. The summed E-state index contributed by atoms with van der Waals surface area (Å²) in [5.74, 6) is 1.14. The first-order valence-electron chi connectivity index (χ1n) is 7.22. The van der Waals surface area contributed by atoms with E-state index < -0.39 is 0 Å². The highest BCUT2D eigenvalue weighted by molar-refractivity contribution is 6.29. The molecular weight excluding hydrogens is 260 g/mol. The lowest BCUT2D eigenvalue weighted by atomic mass is 9.68. The summed E-state index contributed by atoms with van der Waals surface area (Å²) >= 11 is 5.95. The first-order chi connectivity index (χ1) is 9.17. The molecule has 0 unspecified atom stereocenters. The second-order valence-electron chi connectivity index (χ2n) is 5.95. The van der Waals surface area contributed by atoms with Crippen LogP contribution in [-0.2, 0) is 0 Å². The van der Waals surface area contributed by atoms with Crippen molar-refractivity contribution in [3.63, 3.8) is 0 Å². The molecule has 1 spiro atoms. The Labute approximate surface area is 119 Å². The molecule has 1 aromatic heterocycles. The smallest absolute Gasteiger partial charge is 0.223 e. The van der Waals surface area contributed by atoms with Gasteiger partial charge in [0.2, 0.25) is 5.95 Å². The summed E-state index contributed by atoms with van der Waals surface area (Å²) in [7, 11) is 0. The van der Waals surface area contributed by atoms with Crippen molar-refractivity contribution < 1.29 is 0 Å². The van der Waals surface area contributed by atoms with E-state index in [1.54, 1.807) is 0 Å². The van der Waals surface area contributed by atoms with Gasteiger partial charge in [0, 0.05) is 19.2 Å². The van der Waals surface area contributed by atoms with Crippen LogP contribution in [0.3, 0.4) is 0 Å². The van der Waals surface area contributed by atoms with E-state index in [-0.39, 0.29) is 5.95 Å². The fourth-order valence-corrected chi connectivity index (χ4v) is 3.78. The Morgan fingerprint density at radius 1 is 1.05 bits per heavy atom. The minimum atomic E-state index is 0.264. The zero-order chi connectivity index (χ0) is 13.3. The van der Waals surface area contributed by atoms with Crippen LogP contribution in [0.4, 0.5) is 11.8 Å². The molecule has 1 aliphatic heterocycles. The lowest BCUT2D eigenvalue weighted by Gasteiger charge is -2.44. The van der Waals surface area contributed by atoms with Gasteiger partial charge in [-0.25, -0.2) is 4.98 Å². The van der Waals surface area contributed by atoms with E-state index in [2.05, 4.69) is 14.9 Å². The Balaban J connectivity index is 1.69. The molecule has 0 aromatic carbocycles. The van der Waals surface area contributed by atoms with Crippen LogP contribution in [-0.4, -0.2) is 23.1 Å². The van der Waals surface area contributed by atoms with Gasteiger partial charge in [0.05, 0.1) is 0 Å². The molecule has 5 heteroatoms. The Hall–Kier alpha value is -1.03. The number of rotatable bonds is 1. The van der Waals surface area contributed by atoms with Crippen molar-refractivity contribution in [2.75, 3.05) is 23.7 Å². The predicted octanol–water partition coefficient (Wildman–Crippen LogP) is 3.26. The molecule has 0 bridgehead atoms. The number of nitrogens with two attached hydrogens (primary N) is 1. The standard InChI is InChI=1S/C14H21ClN4/c15-11-10-12(18-13(16)17-11)19-8-6-14(7-9-19)4-2-1-3-5-14/h10H,1-9H2,(H2,16,17,18). The summed E-state index contributed by atoms with van der Waals surface area (Å²) in [6.45, 7) is 2.12. The number of anilines is 2. The van der Waals surface area contributed by atoms with Crippen LogP contribution in [0.15, 0.2) is 6.07 Å². The molecule has 3 rings (SSSR count). The maximum Gasteiger partial charge on any atom is 0.223 e. The normalized spacial score (nSPS) is 22.7. The molecule has 2 N–H and O–H groups in total. The molecule has 2 aliphatic rings. The highest BCUT2D eigenvalue weighted by Gasteiger charge is 2.35. The van der Waals surface area contributed by atoms with Crippen molar-refractivity contribution >= 4 is 23.4 Å². The van der Waals surface area contributed by atoms with Gasteiger partial charge in [-0.2, -0.15) is 4.98 Å². The molecule has 0 radical (unpaired) electrons. The third-order valence-electron chi connectivity index (χ3n) is 4.76. The lowest BCUT2D eigenvalue weighted by Crippen LogP contribution is -2.41. The first-order valence-corrected chi connectivity index (χ1v) is 7.60. The van der Waals surface area contributed by atoms with Gasteiger partial charge < -0.3 is 10.6 Å². The van der Waals surface area contributed by atoms with Gasteiger partial charge in [-0.15, -0.1) is 0 Å². The summed E-state index contributed by atoms with van der Waals surface area (Å²) < 4.78 is 0. The van der Waals surface area contributed by atoms with Crippen molar-refractivity contribution in [3.05, 3.63) is 11.2 Å². The van der Waals surface area contributed by atoms with Crippen LogP contribution in [0.2, 0.25) is 5.15 Å². The molecule has 1 saturated carbocycles. The number of halogens is 1. The largest absolute Gasteiger partial charge is 0.368 e. The minimum Gasteiger partial charge on any atom is -0.368 e. The Bertz CT molecular complexity index is 427. The van der Waals surface area contributed by atoms with Crippen molar-refractivity contribution in [1.29, 1.82) is 0 Å². The molecule has 2 fully saturated rings. The SMILES string of the molecule is Nc1nc(Cl)cc(N2CCC3(CCCCC3)CC2)n1. The number of nitrogen functional groups attached to an aromatic ring is 1. The van der Waals surface area contributed by atoms with E-state index in [0.29, 0.717) is 10.6 Å². The summed E-state index contributed by atoms with van der Waals surface area (Å²) in [5, 5.41) is 0.431. The van der Waals surface area contributed by atoms with Crippen molar-refractivity contribution in [2.45, 2.75) is 44.9 Å². The van der Waals surface area contributed by atoms with Crippen LogP contribution < -0.4 is 10.6 Å². The van der Waals surface area contributed by atoms with Gasteiger partial charge in [0.1, 0.15) is 11.0 Å². The molecule has 0 atom stereocenters. The van der Waals surface area contributed by atoms with E-state index in [0.717, 1.165) is 18.9 Å². The first kappa shape index (κ1) is 13.0. The molecule has 4 nitrogen and oxygen atoms in total. The van der Waals surface area contributed by atoms with Crippen LogP contribution in [0.5, 0.6) is 0 Å². The van der Waals surface area contributed by atoms with E-state index >= 15 is 0 Å². The van der Waals surface area contributed by atoms with Gasteiger partial charge in [-0.05, 0) is 31.1 Å². The van der Waals surface area contributed by atoms with E-state index in [9.17, 15) is 0 Å². The number of hydrogen-bond donors (Lipinski definition) is 1. The zero-order valence-corrected chi connectivity index (χ0v) is 12.0. The molecule has 1 saturated heterocycles. The van der Waals surface area contributed by atoms with E-state index in [1.807, 2.05) is 6.07 Å². The fourth-order valence-electron chi connectivity index (χ4n) is 3.60. The van der Waals surface area contributed by atoms with E-state index in [4.69, 9.17) is 17.3 Å². The Kier molecular flexibility index (Phi) is 3.52. The van der Waals surface area contributed by atoms with Crippen molar-refractivity contribution in [1.82, 2.24) is 9.97 Å². The number of piperidine rings is 1. The van der Waals surface area contributed by atoms with Gasteiger partial charge in [-0.3, -0.25) is 0 Å². The van der Waals surface area contributed by atoms with Gasteiger partial charge >= 0.3 is 0 Å². The molecule has 2 heterocycles. The summed E-state index contributed by atoms with van der Waals surface area (Å²) in [6.07, 6.45) is 9.60. The molecule has 104 valence electrons. The summed E-state index contributed by atoms with van der Waals surface area (Å²) in [5.41, 5.74) is 6.28. The molecule has 1 aliphatic carbocycles. The monoisotopic (exact) mass is 280 g/mol. The van der Waals surface area contributed by atoms with Gasteiger partial charge in [0.15, 0.2) is 0 Å². The highest BCUT2D eigenvalue weighted by Crippen LogP contribution is 2.45. The summed E-state index contributed by atoms with van der Waals surface area (Å²) in [6, 6.07) is 1.82. The Morgan fingerprint density at radius 3 is 2.37 bits per heavy atom. The third-order valence-corrected chi connectivity index (χ3v) is 4.95. The quantitative estimate of drug-likeness (QED) is 0.802. The second-order valence-corrected chi connectivity index (χ2v) is 6.34. The van der Waals surface area contributed by atoms with Gasteiger partial charge in [0.25, 0.3) is 0 Å². The second kappa shape index (κ2) is 5.16. The third kappa shape index (κ3) is 2.78. The summed E-state index contributed by atoms with van der Waals surface area (Å²) in [4.78, 5) is 10.5. The predicted molar refractivity (Wildman–Crippen MR) is 78.4 cm³/mol. The van der Waals surface area contributed by atoms with Crippen molar-refractivity contribution in [2.24, 2.45) is 5.41 Å². The lowest BCUT2D eigenvalue weighted by molar-refractivity contribution is 0.144. The zero-order valence-electron chi connectivity index (χ0n) is 11.2. The molecule has 19 heavy (non-hydrogen) atoms. The van der Waals surface area contributed by atoms with Crippen molar-refractivity contribution in [3.8, 4) is 0 Å². The Morgan fingerprint density at radius 2 is 1.74 bits per heavy atom.